The number of hydrogen-bond acceptors (Lipinski definition) is 7. The molecule has 1 aliphatic rings. The van der Waals surface area contributed by atoms with Gasteiger partial charge >= 0.3 is 6.09 Å². The molecular formula is C29H33BrN6O4. The molecule has 2 aromatic heterocycles. The fourth-order valence-electron chi connectivity index (χ4n) is 4.94. The third-order valence-electron chi connectivity index (χ3n) is 7.20. The number of H-pyrrole nitrogens is 2. The predicted octanol–water partition coefficient (Wildman–Crippen LogP) is 4.72. The molecule has 1 amide bonds. The first-order chi connectivity index (χ1) is 19.2. The zero-order valence-corrected chi connectivity index (χ0v) is 24.3. The van der Waals surface area contributed by atoms with Crippen molar-refractivity contribution < 1.29 is 14.6 Å². The van der Waals surface area contributed by atoms with Gasteiger partial charge in [-0.25, -0.2) is 9.78 Å². The van der Waals surface area contributed by atoms with Crippen molar-refractivity contribution in [1.29, 1.82) is 0 Å². The Balaban J connectivity index is 1.37. The summed E-state index contributed by atoms with van der Waals surface area (Å²) in [4.78, 5) is 39.9. The van der Waals surface area contributed by atoms with E-state index in [4.69, 9.17) is 9.72 Å². The summed E-state index contributed by atoms with van der Waals surface area (Å²) in [5.41, 5.74) is 6.11. The van der Waals surface area contributed by atoms with E-state index in [0.717, 1.165) is 37.9 Å². The number of imidazole rings is 1. The SMILES string of the molecule is CCOC(=O)N1CCN(c2cc(C)c3nc(-c4c(NC[C@@H](O)c5ccc(C)c(Br)c5)cc[nH]c4=O)[nH]c3c2)CC1. The molecule has 210 valence electrons. The number of pyridine rings is 1. The Kier molecular flexibility index (Phi) is 8.13. The van der Waals surface area contributed by atoms with Gasteiger partial charge in [0, 0.05) is 49.1 Å². The molecule has 0 unspecified atom stereocenters. The number of piperazine rings is 1. The van der Waals surface area contributed by atoms with Gasteiger partial charge < -0.3 is 34.9 Å². The Morgan fingerprint density at radius 3 is 2.65 bits per heavy atom. The molecule has 1 aliphatic heterocycles. The molecule has 0 aliphatic carbocycles. The van der Waals surface area contributed by atoms with Crippen molar-refractivity contribution in [3.8, 4) is 11.4 Å². The van der Waals surface area contributed by atoms with Crippen LogP contribution >= 0.6 is 15.9 Å². The van der Waals surface area contributed by atoms with Gasteiger partial charge in [-0.3, -0.25) is 4.79 Å². The average molecular weight is 610 g/mol. The van der Waals surface area contributed by atoms with Crippen molar-refractivity contribution in [1.82, 2.24) is 19.9 Å². The maximum Gasteiger partial charge on any atom is 0.409 e. The monoisotopic (exact) mass is 608 g/mol. The van der Waals surface area contributed by atoms with E-state index in [9.17, 15) is 14.7 Å². The summed E-state index contributed by atoms with van der Waals surface area (Å²) in [6.45, 7) is 8.93. The molecule has 5 rings (SSSR count). The number of nitrogens with zero attached hydrogens (tertiary/aromatic N) is 3. The Bertz CT molecular complexity index is 1590. The number of aromatic amines is 2. The highest BCUT2D eigenvalue weighted by atomic mass is 79.9. The first kappa shape index (κ1) is 27.7. The standard InChI is InChI=1S/C29H33BrN6O4/c1-4-40-29(39)36-11-9-35(10-12-36)20-13-18(3)26-23(15-20)33-27(34-26)25-22(7-8-31-28(25)38)32-16-24(37)19-6-5-17(2)21(30)14-19/h5-8,13-15,24,37H,4,9-12,16H2,1-3H3,(H,33,34)(H2,31,32,38)/t24-/m1/s1. The third-order valence-corrected chi connectivity index (χ3v) is 8.05. The summed E-state index contributed by atoms with van der Waals surface area (Å²) in [6, 6.07) is 11.6. The molecule has 0 spiro atoms. The van der Waals surface area contributed by atoms with Gasteiger partial charge in [-0.05, 0) is 61.7 Å². The number of nitrogens with one attached hydrogen (secondary N) is 3. The second kappa shape index (κ2) is 11.7. The highest BCUT2D eigenvalue weighted by Crippen LogP contribution is 2.30. The van der Waals surface area contributed by atoms with Crippen molar-refractivity contribution in [3.05, 3.63) is 74.1 Å². The Hall–Kier alpha value is -3.83. The van der Waals surface area contributed by atoms with E-state index in [1.165, 1.54) is 0 Å². The molecule has 40 heavy (non-hydrogen) atoms. The van der Waals surface area contributed by atoms with Gasteiger partial charge in [0.1, 0.15) is 11.4 Å². The fourth-order valence-corrected chi connectivity index (χ4v) is 5.33. The van der Waals surface area contributed by atoms with E-state index in [0.29, 0.717) is 49.9 Å². The zero-order valence-electron chi connectivity index (χ0n) is 22.8. The Morgan fingerprint density at radius 2 is 1.93 bits per heavy atom. The van der Waals surface area contributed by atoms with Crippen LogP contribution in [0.4, 0.5) is 16.2 Å². The van der Waals surface area contributed by atoms with Crippen LogP contribution in [-0.4, -0.2) is 70.4 Å². The van der Waals surface area contributed by atoms with E-state index >= 15 is 0 Å². The first-order valence-corrected chi connectivity index (χ1v) is 14.1. The summed E-state index contributed by atoms with van der Waals surface area (Å²) in [7, 11) is 0. The van der Waals surface area contributed by atoms with E-state index in [2.05, 4.69) is 42.2 Å². The number of carbonyl (C=O) groups is 1. The smallest absolute Gasteiger partial charge is 0.409 e. The summed E-state index contributed by atoms with van der Waals surface area (Å²) < 4.78 is 6.06. The topological polar surface area (TPSA) is 127 Å². The number of aryl methyl sites for hydroxylation is 2. The third kappa shape index (κ3) is 5.71. The molecule has 3 heterocycles. The largest absolute Gasteiger partial charge is 0.450 e. The molecule has 1 saturated heterocycles. The normalized spacial score (nSPS) is 14.4. The van der Waals surface area contributed by atoms with E-state index in [1.54, 1.807) is 24.1 Å². The van der Waals surface area contributed by atoms with Crippen LogP contribution in [0.5, 0.6) is 0 Å². The van der Waals surface area contributed by atoms with Gasteiger partial charge in [-0.2, -0.15) is 0 Å². The van der Waals surface area contributed by atoms with Crippen LogP contribution in [0.15, 0.2) is 51.9 Å². The summed E-state index contributed by atoms with van der Waals surface area (Å²) in [5.74, 6) is 0.444. The number of aromatic nitrogens is 3. The van der Waals surface area contributed by atoms with Gasteiger partial charge in [0.05, 0.1) is 29.4 Å². The number of rotatable bonds is 7. The highest BCUT2D eigenvalue weighted by molar-refractivity contribution is 9.10. The van der Waals surface area contributed by atoms with Crippen LogP contribution < -0.4 is 15.8 Å². The maximum atomic E-state index is 13.0. The van der Waals surface area contributed by atoms with Gasteiger partial charge in [0.2, 0.25) is 0 Å². The molecule has 4 aromatic rings. The fraction of sp³-hybridized carbons (Fsp3) is 0.345. The molecule has 2 aromatic carbocycles. The lowest BCUT2D eigenvalue weighted by atomic mass is 10.1. The average Bonchev–Trinajstić information content (AvgIpc) is 3.38. The van der Waals surface area contributed by atoms with Crippen molar-refractivity contribution in [2.75, 3.05) is 49.5 Å². The maximum absolute atomic E-state index is 13.0. The number of halogens is 1. The Labute approximate surface area is 240 Å². The number of fused-ring (bicyclic) bond motifs is 1. The number of anilines is 2. The van der Waals surface area contributed by atoms with Crippen molar-refractivity contribution in [2.24, 2.45) is 0 Å². The van der Waals surface area contributed by atoms with Gasteiger partial charge in [0.15, 0.2) is 0 Å². The molecular weight excluding hydrogens is 576 g/mol. The first-order valence-electron chi connectivity index (χ1n) is 13.3. The number of carbonyl (C=O) groups excluding carboxylic acids is 1. The molecule has 4 N–H and O–H groups in total. The number of amides is 1. The van der Waals surface area contributed by atoms with Crippen molar-refractivity contribution in [2.45, 2.75) is 26.9 Å². The highest BCUT2D eigenvalue weighted by Gasteiger charge is 2.23. The molecule has 0 radical (unpaired) electrons. The van der Waals surface area contributed by atoms with E-state index < -0.39 is 6.10 Å². The van der Waals surface area contributed by atoms with Crippen molar-refractivity contribution >= 4 is 44.4 Å². The second-order valence-corrected chi connectivity index (χ2v) is 10.8. The minimum Gasteiger partial charge on any atom is -0.450 e. The van der Waals surface area contributed by atoms with Gasteiger partial charge in [-0.1, -0.05) is 28.1 Å². The van der Waals surface area contributed by atoms with Gasteiger partial charge in [-0.15, -0.1) is 0 Å². The number of benzene rings is 2. The van der Waals surface area contributed by atoms with E-state index in [-0.39, 0.29) is 18.2 Å². The van der Waals surface area contributed by atoms with Crippen molar-refractivity contribution in [3.63, 3.8) is 0 Å². The van der Waals surface area contributed by atoms with Crippen LogP contribution in [0.1, 0.15) is 29.7 Å². The minimum absolute atomic E-state index is 0.215. The van der Waals surface area contributed by atoms with Crippen LogP contribution in [0.2, 0.25) is 0 Å². The molecule has 1 fully saturated rings. The number of hydrogen-bond donors (Lipinski definition) is 4. The molecule has 11 heteroatoms. The molecule has 1 atom stereocenters. The van der Waals surface area contributed by atoms with Crippen LogP contribution in [0.25, 0.3) is 22.4 Å². The number of aliphatic hydroxyl groups is 1. The second-order valence-electron chi connectivity index (χ2n) is 9.92. The summed E-state index contributed by atoms with van der Waals surface area (Å²) in [6.07, 6.45) is 0.530. The van der Waals surface area contributed by atoms with E-state index in [1.807, 2.05) is 38.1 Å². The van der Waals surface area contributed by atoms with Crippen LogP contribution in [0, 0.1) is 13.8 Å². The summed E-state index contributed by atoms with van der Waals surface area (Å²) in [5, 5.41) is 14.0. The summed E-state index contributed by atoms with van der Waals surface area (Å²) >= 11 is 3.52. The lowest BCUT2D eigenvalue weighted by Crippen LogP contribution is -2.49. The molecule has 10 nitrogen and oxygen atoms in total. The lowest BCUT2D eigenvalue weighted by Gasteiger charge is -2.35. The lowest BCUT2D eigenvalue weighted by molar-refractivity contribution is 0.105. The quantitative estimate of drug-likeness (QED) is 0.239. The van der Waals surface area contributed by atoms with Crippen LogP contribution in [-0.2, 0) is 4.74 Å². The molecule has 0 bridgehead atoms. The number of ether oxygens (including phenoxy) is 1. The minimum atomic E-state index is -0.770. The molecule has 0 saturated carbocycles. The zero-order chi connectivity index (χ0) is 28.4. The van der Waals surface area contributed by atoms with Gasteiger partial charge in [0.25, 0.3) is 5.56 Å². The van der Waals surface area contributed by atoms with Crippen LogP contribution in [0.3, 0.4) is 0 Å². The Morgan fingerprint density at radius 1 is 1.15 bits per heavy atom. The predicted molar refractivity (Wildman–Crippen MR) is 160 cm³/mol. The number of aliphatic hydroxyl groups excluding tert-OH is 1.